The summed E-state index contributed by atoms with van der Waals surface area (Å²) in [6, 6.07) is 0. The van der Waals surface area contributed by atoms with Crippen LogP contribution in [0.25, 0.3) is 0 Å². The number of rotatable bonds is 3. The summed E-state index contributed by atoms with van der Waals surface area (Å²) in [7, 11) is 0. The SMILES string of the molecule is CC(N)(CC1CC1)C(F)F. The molecule has 0 radical (unpaired) electrons. The van der Waals surface area contributed by atoms with E-state index in [2.05, 4.69) is 0 Å². The number of hydrogen-bond acceptors (Lipinski definition) is 1. The second-order valence-corrected chi connectivity index (χ2v) is 3.45. The van der Waals surface area contributed by atoms with Crippen LogP contribution in [-0.2, 0) is 0 Å². The van der Waals surface area contributed by atoms with Crippen molar-refractivity contribution in [1.29, 1.82) is 0 Å². The molecule has 0 aromatic carbocycles. The predicted molar refractivity (Wildman–Crippen MR) is 35.9 cm³/mol. The van der Waals surface area contributed by atoms with Crippen LogP contribution in [0.5, 0.6) is 0 Å². The fourth-order valence-corrected chi connectivity index (χ4v) is 1.03. The molecule has 1 unspecified atom stereocenters. The van der Waals surface area contributed by atoms with Gasteiger partial charge in [0.1, 0.15) is 0 Å². The van der Waals surface area contributed by atoms with Crippen molar-refractivity contribution in [2.24, 2.45) is 11.7 Å². The van der Waals surface area contributed by atoms with Crippen molar-refractivity contribution in [3.63, 3.8) is 0 Å². The molecule has 1 aliphatic carbocycles. The first-order valence-corrected chi connectivity index (χ1v) is 3.59. The van der Waals surface area contributed by atoms with Crippen molar-refractivity contribution in [2.75, 3.05) is 0 Å². The zero-order valence-electron chi connectivity index (χ0n) is 6.11. The Morgan fingerprint density at radius 1 is 1.60 bits per heavy atom. The van der Waals surface area contributed by atoms with E-state index in [1.807, 2.05) is 0 Å². The van der Waals surface area contributed by atoms with E-state index in [9.17, 15) is 8.78 Å². The first kappa shape index (κ1) is 7.92. The van der Waals surface area contributed by atoms with Crippen LogP contribution in [0, 0.1) is 5.92 Å². The molecular formula is C7H13F2N. The Labute approximate surface area is 59.6 Å². The van der Waals surface area contributed by atoms with Gasteiger partial charge in [0.05, 0.1) is 5.54 Å². The molecule has 0 saturated heterocycles. The summed E-state index contributed by atoms with van der Waals surface area (Å²) in [6.45, 7) is 1.43. The number of alkyl halides is 2. The lowest BCUT2D eigenvalue weighted by molar-refractivity contribution is 0.0557. The van der Waals surface area contributed by atoms with E-state index in [0.717, 1.165) is 12.8 Å². The predicted octanol–water partition coefficient (Wildman–Crippen LogP) is 1.77. The van der Waals surface area contributed by atoms with Crippen LogP contribution in [0.4, 0.5) is 8.78 Å². The molecule has 10 heavy (non-hydrogen) atoms. The Morgan fingerprint density at radius 3 is 2.40 bits per heavy atom. The highest BCUT2D eigenvalue weighted by Gasteiger charge is 2.36. The highest BCUT2D eigenvalue weighted by Crippen LogP contribution is 2.37. The van der Waals surface area contributed by atoms with Gasteiger partial charge in [-0.1, -0.05) is 12.8 Å². The summed E-state index contributed by atoms with van der Waals surface area (Å²) < 4.78 is 24.2. The molecule has 1 saturated carbocycles. The molecule has 0 amide bonds. The topological polar surface area (TPSA) is 26.0 Å². The minimum Gasteiger partial charge on any atom is -0.321 e. The van der Waals surface area contributed by atoms with Gasteiger partial charge in [-0.05, 0) is 19.3 Å². The van der Waals surface area contributed by atoms with E-state index in [-0.39, 0.29) is 0 Å². The molecular weight excluding hydrogens is 136 g/mol. The fraction of sp³-hybridized carbons (Fsp3) is 1.00. The maximum absolute atomic E-state index is 12.1. The van der Waals surface area contributed by atoms with Gasteiger partial charge >= 0.3 is 0 Å². The van der Waals surface area contributed by atoms with E-state index in [4.69, 9.17) is 5.73 Å². The second kappa shape index (κ2) is 2.46. The van der Waals surface area contributed by atoms with Crippen LogP contribution >= 0.6 is 0 Å². The van der Waals surface area contributed by atoms with Crippen LogP contribution in [0.3, 0.4) is 0 Å². The highest BCUT2D eigenvalue weighted by molar-refractivity contribution is 4.89. The number of hydrogen-bond donors (Lipinski definition) is 1. The molecule has 3 heteroatoms. The van der Waals surface area contributed by atoms with E-state index in [1.165, 1.54) is 6.92 Å². The minimum atomic E-state index is -2.38. The average molecular weight is 149 g/mol. The molecule has 1 fully saturated rings. The molecule has 0 heterocycles. The Bertz CT molecular complexity index is 119. The van der Waals surface area contributed by atoms with Crippen molar-refractivity contribution in [3.05, 3.63) is 0 Å². The van der Waals surface area contributed by atoms with Crippen LogP contribution in [-0.4, -0.2) is 12.0 Å². The Kier molecular flexibility index (Phi) is 1.95. The van der Waals surface area contributed by atoms with Crippen molar-refractivity contribution < 1.29 is 8.78 Å². The second-order valence-electron chi connectivity index (χ2n) is 3.45. The lowest BCUT2D eigenvalue weighted by Crippen LogP contribution is -2.44. The summed E-state index contributed by atoms with van der Waals surface area (Å²) in [5, 5.41) is 0. The van der Waals surface area contributed by atoms with Crippen LogP contribution in [0.15, 0.2) is 0 Å². The van der Waals surface area contributed by atoms with Gasteiger partial charge in [-0.2, -0.15) is 0 Å². The van der Waals surface area contributed by atoms with E-state index in [1.54, 1.807) is 0 Å². The number of halogens is 2. The largest absolute Gasteiger partial charge is 0.321 e. The zero-order valence-corrected chi connectivity index (χ0v) is 6.11. The van der Waals surface area contributed by atoms with Gasteiger partial charge in [-0.3, -0.25) is 0 Å². The Balaban J connectivity index is 2.33. The van der Waals surface area contributed by atoms with Gasteiger partial charge in [-0.15, -0.1) is 0 Å². The van der Waals surface area contributed by atoms with Crippen molar-refractivity contribution in [1.82, 2.24) is 0 Å². The third-order valence-electron chi connectivity index (χ3n) is 1.92. The van der Waals surface area contributed by atoms with Gasteiger partial charge in [0.2, 0.25) is 0 Å². The van der Waals surface area contributed by atoms with Crippen LogP contribution in [0.2, 0.25) is 0 Å². The summed E-state index contributed by atoms with van der Waals surface area (Å²) in [6.07, 6.45) is 0.261. The monoisotopic (exact) mass is 149 g/mol. The average Bonchev–Trinajstić information content (AvgIpc) is 2.48. The molecule has 1 aliphatic rings. The maximum Gasteiger partial charge on any atom is 0.256 e. The molecule has 1 nitrogen and oxygen atoms in total. The summed E-state index contributed by atoms with van der Waals surface area (Å²) in [4.78, 5) is 0. The van der Waals surface area contributed by atoms with Gasteiger partial charge in [0.25, 0.3) is 6.43 Å². The van der Waals surface area contributed by atoms with Gasteiger partial charge in [-0.25, -0.2) is 8.78 Å². The quantitative estimate of drug-likeness (QED) is 0.650. The third-order valence-corrected chi connectivity index (χ3v) is 1.92. The van der Waals surface area contributed by atoms with Gasteiger partial charge in [0.15, 0.2) is 0 Å². The standard InChI is InChI=1S/C7H13F2N/c1-7(10,6(8)9)4-5-2-3-5/h5-6H,2-4,10H2,1H3. The van der Waals surface area contributed by atoms with E-state index in [0.29, 0.717) is 12.3 Å². The summed E-state index contributed by atoms with van der Waals surface area (Å²) in [5.74, 6) is 0.476. The summed E-state index contributed by atoms with van der Waals surface area (Å²) >= 11 is 0. The first-order chi connectivity index (χ1) is 4.52. The lowest BCUT2D eigenvalue weighted by Gasteiger charge is -2.22. The highest BCUT2D eigenvalue weighted by atomic mass is 19.3. The molecule has 60 valence electrons. The molecule has 0 bridgehead atoms. The van der Waals surface area contributed by atoms with Crippen LogP contribution < -0.4 is 5.73 Å². The van der Waals surface area contributed by atoms with Crippen molar-refractivity contribution in [2.45, 2.75) is 38.2 Å². The maximum atomic E-state index is 12.1. The van der Waals surface area contributed by atoms with E-state index >= 15 is 0 Å². The Morgan fingerprint density at radius 2 is 2.10 bits per heavy atom. The molecule has 0 aliphatic heterocycles. The molecule has 2 N–H and O–H groups in total. The van der Waals surface area contributed by atoms with Crippen LogP contribution in [0.1, 0.15) is 26.2 Å². The number of nitrogens with two attached hydrogens (primary N) is 1. The smallest absolute Gasteiger partial charge is 0.256 e. The molecule has 0 aromatic rings. The first-order valence-electron chi connectivity index (χ1n) is 3.59. The van der Waals surface area contributed by atoms with Gasteiger partial charge in [0, 0.05) is 0 Å². The molecule has 0 aromatic heterocycles. The molecule has 1 atom stereocenters. The van der Waals surface area contributed by atoms with E-state index < -0.39 is 12.0 Å². The Hall–Kier alpha value is -0.180. The minimum absolute atomic E-state index is 0.476. The van der Waals surface area contributed by atoms with Gasteiger partial charge < -0.3 is 5.73 Å². The molecule has 1 rings (SSSR count). The third kappa shape index (κ3) is 1.90. The molecule has 0 spiro atoms. The lowest BCUT2D eigenvalue weighted by atomic mass is 9.97. The zero-order chi connectivity index (χ0) is 7.78. The summed E-state index contributed by atoms with van der Waals surface area (Å²) in [5.41, 5.74) is 4.10. The van der Waals surface area contributed by atoms with Crippen molar-refractivity contribution >= 4 is 0 Å². The normalized spacial score (nSPS) is 24.9. The fourth-order valence-electron chi connectivity index (χ4n) is 1.03. The van der Waals surface area contributed by atoms with Crippen molar-refractivity contribution in [3.8, 4) is 0 Å².